The van der Waals surface area contributed by atoms with E-state index in [1.54, 1.807) is 4.90 Å². The average molecular weight is 378 g/mol. The van der Waals surface area contributed by atoms with Crippen molar-refractivity contribution >= 4 is 17.6 Å². The van der Waals surface area contributed by atoms with Crippen LogP contribution in [0.4, 0.5) is 5.82 Å². The molecule has 0 spiro atoms. The molecule has 2 heterocycles. The Morgan fingerprint density at radius 1 is 1.32 bits per heavy atom. The standard InChI is InChI=1S/C22H26N4O2/c1-3-21(28)25-13-16(14-25)11-20(27)24-22-15(2)12-23-26(22)19-10-6-8-17-7-4-5-9-18(17)19/h3-5,7,9,12,16,19H,1,6,8,10-11,13-14H2,2H3,(H,24,27). The highest BCUT2D eigenvalue weighted by Gasteiger charge is 2.31. The second-order valence-corrected chi connectivity index (χ2v) is 7.79. The van der Waals surface area contributed by atoms with Crippen LogP contribution in [0.3, 0.4) is 0 Å². The molecule has 0 bridgehead atoms. The SMILES string of the molecule is C=CC(=O)N1CC(CC(=O)Nc2c(C)cnn2C2CCCc3ccccc32)C1. The fourth-order valence-corrected chi connectivity index (χ4v) is 4.28. The molecule has 2 aliphatic rings. The van der Waals surface area contributed by atoms with E-state index in [2.05, 4.69) is 41.3 Å². The van der Waals surface area contributed by atoms with Crippen LogP contribution in [0.2, 0.25) is 0 Å². The molecule has 1 aliphatic heterocycles. The van der Waals surface area contributed by atoms with Gasteiger partial charge < -0.3 is 10.2 Å². The number of carbonyl (C=O) groups is 2. The van der Waals surface area contributed by atoms with Gasteiger partial charge >= 0.3 is 0 Å². The van der Waals surface area contributed by atoms with Crippen LogP contribution in [0.5, 0.6) is 0 Å². The van der Waals surface area contributed by atoms with Gasteiger partial charge in [0.1, 0.15) is 5.82 Å². The van der Waals surface area contributed by atoms with Crippen LogP contribution in [-0.4, -0.2) is 39.6 Å². The first-order valence-electron chi connectivity index (χ1n) is 9.90. The van der Waals surface area contributed by atoms with Crippen LogP contribution in [0.25, 0.3) is 0 Å². The minimum atomic E-state index is -0.0680. The van der Waals surface area contributed by atoms with Gasteiger partial charge in [0.25, 0.3) is 0 Å². The number of nitrogens with one attached hydrogen (secondary N) is 1. The van der Waals surface area contributed by atoms with Crippen LogP contribution < -0.4 is 5.32 Å². The van der Waals surface area contributed by atoms with Crippen molar-refractivity contribution in [2.24, 2.45) is 5.92 Å². The number of aromatic nitrogens is 2. The summed E-state index contributed by atoms with van der Waals surface area (Å²) in [5, 5.41) is 7.67. The maximum atomic E-state index is 12.6. The van der Waals surface area contributed by atoms with Crippen molar-refractivity contribution in [1.82, 2.24) is 14.7 Å². The maximum Gasteiger partial charge on any atom is 0.245 e. The Balaban J connectivity index is 1.46. The number of anilines is 1. The Kier molecular flexibility index (Phi) is 5.03. The Morgan fingerprint density at radius 3 is 2.89 bits per heavy atom. The van der Waals surface area contributed by atoms with Gasteiger partial charge in [0.15, 0.2) is 0 Å². The van der Waals surface area contributed by atoms with E-state index >= 15 is 0 Å². The van der Waals surface area contributed by atoms with Crippen LogP contribution in [0, 0.1) is 12.8 Å². The molecular weight excluding hydrogens is 352 g/mol. The Labute approximate surface area is 165 Å². The molecule has 1 aromatic carbocycles. The number of benzene rings is 1. The Hall–Kier alpha value is -2.89. The molecular formula is C22H26N4O2. The lowest BCUT2D eigenvalue weighted by Gasteiger charge is -2.38. The lowest BCUT2D eigenvalue weighted by atomic mass is 9.88. The molecule has 28 heavy (non-hydrogen) atoms. The molecule has 0 saturated carbocycles. The smallest absolute Gasteiger partial charge is 0.245 e. The van der Waals surface area contributed by atoms with Crippen molar-refractivity contribution in [3.63, 3.8) is 0 Å². The molecule has 1 N–H and O–H groups in total. The van der Waals surface area contributed by atoms with E-state index < -0.39 is 0 Å². The number of likely N-dealkylation sites (tertiary alicyclic amines) is 1. The highest BCUT2D eigenvalue weighted by molar-refractivity contribution is 5.91. The largest absolute Gasteiger partial charge is 0.338 e. The molecule has 1 atom stereocenters. The van der Waals surface area contributed by atoms with Gasteiger partial charge in [0.05, 0.1) is 12.2 Å². The molecule has 0 radical (unpaired) electrons. The van der Waals surface area contributed by atoms with E-state index in [4.69, 9.17) is 0 Å². The van der Waals surface area contributed by atoms with Crippen molar-refractivity contribution in [2.75, 3.05) is 18.4 Å². The summed E-state index contributed by atoms with van der Waals surface area (Å²) in [6.07, 6.45) is 6.77. The number of amides is 2. The summed E-state index contributed by atoms with van der Waals surface area (Å²) < 4.78 is 1.97. The zero-order valence-electron chi connectivity index (χ0n) is 16.2. The second kappa shape index (κ2) is 7.62. The van der Waals surface area contributed by atoms with E-state index in [0.717, 1.165) is 30.6 Å². The Morgan fingerprint density at radius 2 is 2.11 bits per heavy atom. The van der Waals surface area contributed by atoms with E-state index in [1.807, 2.05) is 17.8 Å². The van der Waals surface area contributed by atoms with Crippen LogP contribution >= 0.6 is 0 Å². The quantitative estimate of drug-likeness (QED) is 0.813. The number of nitrogens with zero attached hydrogens (tertiary/aromatic N) is 3. The normalized spacial score (nSPS) is 18.9. The zero-order valence-corrected chi connectivity index (χ0v) is 16.2. The first-order valence-corrected chi connectivity index (χ1v) is 9.90. The van der Waals surface area contributed by atoms with Crippen molar-refractivity contribution in [2.45, 2.75) is 38.6 Å². The average Bonchev–Trinajstić information content (AvgIpc) is 3.03. The first kappa shape index (κ1) is 18.5. The molecule has 2 amide bonds. The molecule has 4 rings (SSSR count). The fraction of sp³-hybridized carbons (Fsp3) is 0.409. The minimum Gasteiger partial charge on any atom is -0.338 e. The number of fused-ring (bicyclic) bond motifs is 1. The number of hydrogen-bond acceptors (Lipinski definition) is 3. The molecule has 146 valence electrons. The first-order chi connectivity index (χ1) is 13.6. The predicted molar refractivity (Wildman–Crippen MR) is 108 cm³/mol. The van der Waals surface area contributed by atoms with Crippen molar-refractivity contribution in [3.05, 3.63) is 59.8 Å². The third kappa shape index (κ3) is 3.46. The molecule has 1 unspecified atom stereocenters. The van der Waals surface area contributed by atoms with Gasteiger partial charge in [0.2, 0.25) is 11.8 Å². The van der Waals surface area contributed by atoms with E-state index in [0.29, 0.717) is 19.5 Å². The molecule has 1 aromatic heterocycles. The molecule has 6 nitrogen and oxygen atoms in total. The van der Waals surface area contributed by atoms with Crippen molar-refractivity contribution in [3.8, 4) is 0 Å². The Bertz CT molecular complexity index is 911. The molecule has 1 aliphatic carbocycles. The summed E-state index contributed by atoms with van der Waals surface area (Å²) in [6.45, 7) is 6.71. The summed E-state index contributed by atoms with van der Waals surface area (Å²) in [5.74, 6) is 0.896. The van der Waals surface area contributed by atoms with Crippen molar-refractivity contribution in [1.29, 1.82) is 0 Å². The third-order valence-corrected chi connectivity index (χ3v) is 5.79. The summed E-state index contributed by atoms with van der Waals surface area (Å²) in [5.41, 5.74) is 3.63. The summed E-state index contributed by atoms with van der Waals surface area (Å²) in [7, 11) is 0. The zero-order chi connectivity index (χ0) is 19.7. The van der Waals surface area contributed by atoms with Gasteiger partial charge in [-0.1, -0.05) is 30.8 Å². The fourth-order valence-electron chi connectivity index (χ4n) is 4.28. The lowest BCUT2D eigenvalue weighted by molar-refractivity contribution is -0.134. The van der Waals surface area contributed by atoms with Crippen molar-refractivity contribution < 1.29 is 9.59 Å². The highest BCUT2D eigenvalue weighted by Crippen LogP contribution is 2.35. The number of hydrogen-bond donors (Lipinski definition) is 1. The molecule has 6 heteroatoms. The van der Waals surface area contributed by atoms with Gasteiger partial charge in [-0.15, -0.1) is 0 Å². The molecule has 1 fully saturated rings. The van der Waals surface area contributed by atoms with Crippen LogP contribution in [-0.2, 0) is 16.0 Å². The van der Waals surface area contributed by atoms with E-state index in [9.17, 15) is 9.59 Å². The highest BCUT2D eigenvalue weighted by atomic mass is 16.2. The van der Waals surface area contributed by atoms with E-state index in [1.165, 1.54) is 17.2 Å². The van der Waals surface area contributed by atoms with Crippen LogP contribution in [0.15, 0.2) is 43.1 Å². The lowest BCUT2D eigenvalue weighted by Crippen LogP contribution is -2.50. The summed E-state index contributed by atoms with van der Waals surface area (Å²) in [6, 6.07) is 8.65. The van der Waals surface area contributed by atoms with Gasteiger partial charge in [0, 0.05) is 31.0 Å². The van der Waals surface area contributed by atoms with Gasteiger partial charge in [-0.25, -0.2) is 4.68 Å². The van der Waals surface area contributed by atoms with Gasteiger partial charge in [-0.3, -0.25) is 9.59 Å². The number of aryl methyl sites for hydroxylation is 2. The van der Waals surface area contributed by atoms with Gasteiger partial charge in [-0.2, -0.15) is 5.10 Å². The maximum absolute atomic E-state index is 12.6. The van der Waals surface area contributed by atoms with Crippen LogP contribution in [0.1, 0.15) is 42.0 Å². The second-order valence-electron chi connectivity index (χ2n) is 7.79. The summed E-state index contributed by atoms with van der Waals surface area (Å²) >= 11 is 0. The molecule has 2 aromatic rings. The molecule has 1 saturated heterocycles. The van der Waals surface area contributed by atoms with E-state index in [-0.39, 0.29) is 23.8 Å². The van der Waals surface area contributed by atoms with Gasteiger partial charge in [-0.05, 0) is 43.4 Å². The number of rotatable bonds is 5. The topological polar surface area (TPSA) is 67.2 Å². The monoisotopic (exact) mass is 378 g/mol. The predicted octanol–water partition coefficient (Wildman–Crippen LogP) is 3.09. The number of carbonyl (C=O) groups excluding carboxylic acids is 2. The minimum absolute atomic E-state index is 0.0235. The third-order valence-electron chi connectivity index (χ3n) is 5.79. The summed E-state index contributed by atoms with van der Waals surface area (Å²) in [4.78, 5) is 25.9.